The van der Waals surface area contributed by atoms with Gasteiger partial charge >= 0.3 is 12.0 Å². The zero-order valence-corrected chi connectivity index (χ0v) is 21.3. The largest absolute Gasteiger partial charge is 0.371 e. The molecule has 9 nitrogen and oxygen atoms in total. The zero-order chi connectivity index (χ0) is 26.4. The summed E-state index contributed by atoms with van der Waals surface area (Å²) in [5.74, 6) is -2.35. The monoisotopic (exact) mass is 528 g/mol. The van der Waals surface area contributed by atoms with Crippen molar-refractivity contribution in [2.45, 2.75) is 54.5 Å². The average molecular weight is 529 g/mol. The van der Waals surface area contributed by atoms with Gasteiger partial charge in [-0.2, -0.15) is 5.48 Å². The summed E-state index contributed by atoms with van der Waals surface area (Å²) in [6, 6.07) is 12.5. The first-order valence-corrected chi connectivity index (χ1v) is 13.0. The maximum atomic E-state index is 14.0. The molecule has 2 aromatic carbocycles. The number of likely N-dealkylation sites (tertiary alicyclic amines) is 1. The zero-order valence-electron chi connectivity index (χ0n) is 20.4. The maximum Gasteiger partial charge on any atom is 0.329 e. The number of benzene rings is 2. The van der Waals surface area contributed by atoms with Crippen LogP contribution in [-0.4, -0.2) is 60.4 Å². The number of ketones is 1. The first-order chi connectivity index (χ1) is 17.9. The van der Waals surface area contributed by atoms with E-state index >= 15 is 0 Å². The summed E-state index contributed by atoms with van der Waals surface area (Å²) in [6.45, 7) is 1.06. The summed E-state index contributed by atoms with van der Waals surface area (Å²) in [4.78, 5) is 61.3. The fourth-order valence-electron chi connectivity index (χ4n) is 4.44. The van der Waals surface area contributed by atoms with E-state index in [0.717, 1.165) is 21.2 Å². The first-order valence-electron chi connectivity index (χ1n) is 12.2. The number of para-hydroxylation sites is 2. The number of nitrogens with one attached hydrogen (secondary N) is 2. The van der Waals surface area contributed by atoms with Gasteiger partial charge in [-0.05, 0) is 50.5 Å². The SMILES string of the molecule is CCNOC(=O)CC(NC(=O)C1CCCCN1C(=O)N1c2ccccc2Sc2ccccc21)C(=O)CF. The fraction of sp³-hybridized carbons (Fsp3) is 0.385. The summed E-state index contributed by atoms with van der Waals surface area (Å²) in [5.41, 5.74) is 3.81. The molecule has 2 unspecified atom stereocenters. The number of nitrogens with zero attached hydrogens (tertiary/aromatic N) is 2. The Morgan fingerprint density at radius 1 is 1.05 bits per heavy atom. The molecule has 1 saturated heterocycles. The van der Waals surface area contributed by atoms with E-state index in [1.807, 2.05) is 48.5 Å². The number of halogens is 1. The second kappa shape index (κ2) is 12.2. The molecule has 196 valence electrons. The van der Waals surface area contributed by atoms with E-state index in [1.165, 1.54) is 4.90 Å². The minimum atomic E-state index is -1.39. The van der Waals surface area contributed by atoms with E-state index in [1.54, 1.807) is 23.6 Å². The van der Waals surface area contributed by atoms with Crippen molar-refractivity contribution in [2.75, 3.05) is 24.7 Å². The van der Waals surface area contributed by atoms with Crippen LogP contribution in [0.1, 0.15) is 32.6 Å². The number of hydroxylamine groups is 1. The second-order valence-electron chi connectivity index (χ2n) is 8.70. The molecular weight excluding hydrogens is 499 g/mol. The number of Topliss-reactive ketones (excluding diaryl/α,β-unsaturated/α-hetero) is 1. The highest BCUT2D eigenvalue weighted by Crippen LogP contribution is 2.48. The number of amides is 3. The number of alkyl halides is 1. The smallest absolute Gasteiger partial charge is 0.329 e. The van der Waals surface area contributed by atoms with Crippen molar-refractivity contribution in [1.29, 1.82) is 0 Å². The van der Waals surface area contributed by atoms with Crippen LogP contribution >= 0.6 is 11.8 Å². The lowest BCUT2D eigenvalue weighted by Crippen LogP contribution is -2.57. The number of fused-ring (bicyclic) bond motifs is 2. The van der Waals surface area contributed by atoms with Crippen LogP contribution in [0.3, 0.4) is 0 Å². The number of anilines is 2. The number of carbonyl (C=O) groups excluding carboxylic acids is 4. The second-order valence-corrected chi connectivity index (χ2v) is 9.78. The molecule has 0 spiro atoms. The highest BCUT2D eigenvalue weighted by molar-refractivity contribution is 7.99. The van der Waals surface area contributed by atoms with E-state index in [2.05, 4.69) is 10.8 Å². The van der Waals surface area contributed by atoms with Crippen molar-refractivity contribution in [2.24, 2.45) is 0 Å². The molecule has 11 heteroatoms. The molecule has 0 bridgehead atoms. The summed E-state index contributed by atoms with van der Waals surface area (Å²) in [5, 5.41) is 2.50. The van der Waals surface area contributed by atoms with Crippen molar-refractivity contribution in [1.82, 2.24) is 15.7 Å². The fourth-order valence-corrected chi connectivity index (χ4v) is 5.50. The van der Waals surface area contributed by atoms with Gasteiger partial charge in [0.2, 0.25) is 5.91 Å². The molecule has 1 fully saturated rings. The van der Waals surface area contributed by atoms with Gasteiger partial charge in [0.15, 0.2) is 5.78 Å². The molecular formula is C26H29FN4O5S. The van der Waals surface area contributed by atoms with Crippen LogP contribution in [-0.2, 0) is 19.2 Å². The number of piperidine rings is 1. The Kier molecular flexibility index (Phi) is 8.78. The topological polar surface area (TPSA) is 108 Å². The quantitative estimate of drug-likeness (QED) is 0.503. The molecule has 3 amide bonds. The highest BCUT2D eigenvalue weighted by atomic mass is 32.2. The molecule has 37 heavy (non-hydrogen) atoms. The molecule has 4 rings (SSSR count). The third-order valence-electron chi connectivity index (χ3n) is 6.21. The Hall–Kier alpha value is -3.44. The summed E-state index contributed by atoms with van der Waals surface area (Å²) < 4.78 is 13.2. The van der Waals surface area contributed by atoms with E-state index in [9.17, 15) is 23.6 Å². The molecule has 2 aliphatic heterocycles. The van der Waals surface area contributed by atoms with E-state index in [-0.39, 0.29) is 6.03 Å². The summed E-state index contributed by atoms with van der Waals surface area (Å²) in [7, 11) is 0. The Morgan fingerprint density at radius 2 is 1.70 bits per heavy atom. The van der Waals surface area contributed by atoms with E-state index in [0.29, 0.717) is 32.4 Å². The Labute approximate surface area is 218 Å². The highest BCUT2D eigenvalue weighted by Gasteiger charge is 2.39. The van der Waals surface area contributed by atoms with Crippen molar-refractivity contribution in [3.8, 4) is 0 Å². The Balaban J connectivity index is 1.58. The van der Waals surface area contributed by atoms with E-state index in [4.69, 9.17) is 4.84 Å². The van der Waals surface area contributed by atoms with Gasteiger partial charge in [0.25, 0.3) is 0 Å². The molecule has 2 aliphatic rings. The van der Waals surface area contributed by atoms with Gasteiger partial charge in [0.1, 0.15) is 18.8 Å². The molecule has 2 heterocycles. The first kappa shape index (κ1) is 26.6. The lowest BCUT2D eigenvalue weighted by Gasteiger charge is -2.40. The van der Waals surface area contributed by atoms with Crippen molar-refractivity contribution in [3.05, 3.63) is 48.5 Å². The standard InChI is InChI=1S/C26H29FN4O5S/c1-2-28-36-24(33)15-17(21(32)16-27)29-25(34)20-11-7-8-14-30(20)26(35)31-18-9-3-5-12-22(18)37-23-13-6-4-10-19(23)31/h3-6,9-10,12-13,17,20,28H,2,7-8,11,14-16H2,1H3,(H,29,34). The van der Waals surface area contributed by atoms with Crippen LogP contribution in [0.15, 0.2) is 58.3 Å². The Bertz CT molecular complexity index is 1130. The molecule has 0 saturated carbocycles. The molecule has 2 atom stereocenters. The Morgan fingerprint density at radius 3 is 2.32 bits per heavy atom. The van der Waals surface area contributed by atoms with Gasteiger partial charge in [-0.1, -0.05) is 36.0 Å². The van der Waals surface area contributed by atoms with Crippen LogP contribution in [0.25, 0.3) is 0 Å². The van der Waals surface area contributed by atoms with Gasteiger partial charge in [0, 0.05) is 22.9 Å². The summed E-state index contributed by atoms with van der Waals surface area (Å²) in [6.07, 6.45) is 1.27. The molecule has 2 N–H and O–H groups in total. The normalized spacial score (nSPS) is 17.3. The third kappa shape index (κ3) is 5.94. The van der Waals surface area contributed by atoms with Gasteiger partial charge < -0.3 is 15.1 Å². The van der Waals surface area contributed by atoms with Crippen LogP contribution < -0.4 is 15.7 Å². The molecule has 0 aliphatic carbocycles. The van der Waals surface area contributed by atoms with Crippen LogP contribution in [0.5, 0.6) is 0 Å². The predicted molar refractivity (Wildman–Crippen MR) is 136 cm³/mol. The van der Waals surface area contributed by atoms with Crippen molar-refractivity contribution < 1.29 is 28.4 Å². The van der Waals surface area contributed by atoms with Gasteiger partial charge in [-0.15, -0.1) is 0 Å². The number of urea groups is 1. The number of carbonyl (C=O) groups is 4. The summed E-state index contributed by atoms with van der Waals surface area (Å²) >= 11 is 1.57. The van der Waals surface area contributed by atoms with Crippen molar-refractivity contribution >= 4 is 46.8 Å². The van der Waals surface area contributed by atoms with Gasteiger partial charge in [-0.3, -0.25) is 19.3 Å². The third-order valence-corrected chi connectivity index (χ3v) is 7.34. The lowest BCUT2D eigenvalue weighted by molar-refractivity contribution is -0.152. The average Bonchev–Trinajstić information content (AvgIpc) is 2.93. The number of rotatable bonds is 8. The number of hydrogen-bond acceptors (Lipinski definition) is 7. The minimum absolute atomic E-state index is 0.342. The minimum Gasteiger partial charge on any atom is -0.371 e. The van der Waals surface area contributed by atoms with Crippen LogP contribution in [0.4, 0.5) is 20.6 Å². The van der Waals surface area contributed by atoms with Crippen LogP contribution in [0.2, 0.25) is 0 Å². The lowest BCUT2D eigenvalue weighted by atomic mass is 10.0. The number of hydrogen-bond donors (Lipinski definition) is 2. The molecule has 2 aromatic rings. The van der Waals surface area contributed by atoms with Gasteiger partial charge in [0.05, 0.1) is 17.8 Å². The van der Waals surface area contributed by atoms with E-state index < -0.39 is 42.8 Å². The van der Waals surface area contributed by atoms with Gasteiger partial charge in [-0.25, -0.2) is 9.18 Å². The molecule has 0 aromatic heterocycles. The molecule has 0 radical (unpaired) electrons. The van der Waals surface area contributed by atoms with Crippen LogP contribution in [0, 0.1) is 0 Å². The van der Waals surface area contributed by atoms with Crippen molar-refractivity contribution in [3.63, 3.8) is 0 Å². The maximum absolute atomic E-state index is 14.0. The predicted octanol–water partition coefficient (Wildman–Crippen LogP) is 3.75.